The first kappa shape index (κ1) is 9.41. The highest BCUT2D eigenvalue weighted by Crippen LogP contribution is 2.18. The summed E-state index contributed by atoms with van der Waals surface area (Å²) >= 11 is 0. The molecule has 0 N–H and O–H groups in total. The van der Waals surface area contributed by atoms with Crippen LogP contribution in [0.2, 0.25) is 0 Å². The Hall–Kier alpha value is -0.590. The number of hydrogen-bond donors (Lipinski definition) is 0. The number of hydrogen-bond acceptors (Lipinski definition) is 0. The van der Waals surface area contributed by atoms with Crippen LogP contribution >= 0.6 is 0 Å². The molecule has 0 aromatic rings. The van der Waals surface area contributed by atoms with Gasteiger partial charge in [0, 0.05) is 0 Å². The summed E-state index contributed by atoms with van der Waals surface area (Å²) in [5, 5.41) is 0. The van der Waals surface area contributed by atoms with Gasteiger partial charge in [0.25, 0.3) is 0 Å². The van der Waals surface area contributed by atoms with E-state index in [0.29, 0.717) is 6.42 Å². The predicted octanol–water partition coefficient (Wildman–Crippen LogP) is 3.46. The highest BCUT2D eigenvalue weighted by Gasteiger charge is 2.04. The Morgan fingerprint density at radius 3 is 2.20 bits per heavy atom. The number of rotatable bonds is 3. The first-order valence-electron chi connectivity index (χ1n) is 3.64. The van der Waals surface area contributed by atoms with Gasteiger partial charge in [-0.05, 0) is 17.9 Å². The largest absolute Gasteiger partial charge is 0.212 e. The fourth-order valence-corrected chi connectivity index (χ4v) is 0.864. The summed E-state index contributed by atoms with van der Waals surface area (Å²) in [4.78, 5) is 0. The summed E-state index contributed by atoms with van der Waals surface area (Å²) in [5.41, 5.74) is 0.738. The van der Waals surface area contributed by atoms with Gasteiger partial charge < -0.3 is 0 Å². The highest BCUT2D eigenvalue weighted by atomic mass is 19.1. The first-order chi connectivity index (χ1) is 4.63. The van der Waals surface area contributed by atoms with Crippen molar-refractivity contribution in [2.24, 2.45) is 5.92 Å². The maximum atomic E-state index is 12.9. The van der Waals surface area contributed by atoms with Gasteiger partial charge in [0.15, 0.2) is 0 Å². The predicted molar refractivity (Wildman–Crippen MR) is 43.5 cm³/mol. The molecule has 0 saturated heterocycles. The molecule has 0 unspecified atom stereocenters. The molecule has 0 nitrogen and oxygen atoms in total. The zero-order chi connectivity index (χ0) is 8.15. The smallest absolute Gasteiger partial charge is 0.103 e. The molecule has 58 valence electrons. The van der Waals surface area contributed by atoms with Crippen LogP contribution in [0.15, 0.2) is 24.1 Å². The summed E-state index contributed by atoms with van der Waals surface area (Å²) < 4.78 is 12.9. The molecule has 0 saturated carbocycles. The van der Waals surface area contributed by atoms with Gasteiger partial charge in [-0.2, -0.15) is 0 Å². The van der Waals surface area contributed by atoms with Crippen molar-refractivity contribution < 1.29 is 4.39 Å². The Morgan fingerprint density at radius 2 is 2.10 bits per heavy atom. The van der Waals surface area contributed by atoms with E-state index < -0.39 is 0 Å². The second-order valence-electron chi connectivity index (χ2n) is 2.57. The Balaban J connectivity index is 4.45. The van der Waals surface area contributed by atoms with Gasteiger partial charge in [-0.3, -0.25) is 0 Å². The quantitative estimate of drug-likeness (QED) is 0.529. The lowest BCUT2D eigenvalue weighted by atomic mass is 10.0. The van der Waals surface area contributed by atoms with Crippen molar-refractivity contribution in [3.8, 4) is 0 Å². The molecule has 0 fully saturated rings. The summed E-state index contributed by atoms with van der Waals surface area (Å²) in [6, 6.07) is 0. The van der Waals surface area contributed by atoms with Crippen LogP contribution in [0.4, 0.5) is 4.39 Å². The maximum Gasteiger partial charge on any atom is 0.103 e. The lowest BCUT2D eigenvalue weighted by Crippen LogP contribution is -1.92. The van der Waals surface area contributed by atoms with Gasteiger partial charge >= 0.3 is 0 Å². The third kappa shape index (κ3) is 2.34. The van der Waals surface area contributed by atoms with Crippen molar-refractivity contribution in [2.45, 2.75) is 27.2 Å². The van der Waals surface area contributed by atoms with Crippen LogP contribution in [0.1, 0.15) is 27.2 Å². The van der Waals surface area contributed by atoms with E-state index in [1.165, 1.54) is 0 Å². The molecule has 0 amide bonds. The molecule has 0 aliphatic carbocycles. The van der Waals surface area contributed by atoms with Gasteiger partial charge in [-0.25, -0.2) is 4.39 Å². The highest BCUT2D eigenvalue weighted by molar-refractivity contribution is 5.21. The van der Waals surface area contributed by atoms with E-state index in [-0.39, 0.29) is 11.7 Å². The molecule has 0 atom stereocenters. The van der Waals surface area contributed by atoms with E-state index in [9.17, 15) is 4.39 Å². The third-order valence-electron chi connectivity index (χ3n) is 1.47. The van der Waals surface area contributed by atoms with E-state index in [0.717, 1.165) is 5.57 Å². The second-order valence-corrected chi connectivity index (χ2v) is 2.57. The van der Waals surface area contributed by atoms with E-state index >= 15 is 0 Å². The summed E-state index contributed by atoms with van der Waals surface area (Å²) in [5.74, 6) is 0.211. The number of allylic oxidation sites excluding steroid dienone is 3. The van der Waals surface area contributed by atoms with Gasteiger partial charge in [0.05, 0.1) is 0 Å². The van der Waals surface area contributed by atoms with Crippen LogP contribution < -0.4 is 0 Å². The molecule has 0 spiro atoms. The van der Waals surface area contributed by atoms with Gasteiger partial charge in [0.1, 0.15) is 5.83 Å². The zero-order valence-corrected chi connectivity index (χ0v) is 6.95. The van der Waals surface area contributed by atoms with Gasteiger partial charge in [-0.1, -0.05) is 33.4 Å². The second kappa shape index (κ2) is 4.26. The van der Waals surface area contributed by atoms with Crippen LogP contribution in [0.25, 0.3) is 0 Å². The van der Waals surface area contributed by atoms with Crippen molar-refractivity contribution in [2.75, 3.05) is 0 Å². The standard InChI is InChI=1S/C9H15F/c1-5-8(7(3)4)9(10)6-2/h5,7H,1,6H2,2-4H3/b9-8-. The molecule has 1 heteroatoms. The fourth-order valence-electron chi connectivity index (χ4n) is 0.864. The minimum atomic E-state index is -0.0370. The van der Waals surface area contributed by atoms with Crippen molar-refractivity contribution >= 4 is 0 Å². The average Bonchev–Trinajstić information content (AvgIpc) is 1.88. The maximum absolute atomic E-state index is 12.9. The van der Waals surface area contributed by atoms with Crippen molar-refractivity contribution in [1.82, 2.24) is 0 Å². The van der Waals surface area contributed by atoms with Crippen LogP contribution in [0.3, 0.4) is 0 Å². The Bertz CT molecular complexity index is 143. The molecule has 0 heterocycles. The molecule has 0 rings (SSSR count). The monoisotopic (exact) mass is 142 g/mol. The first-order valence-corrected chi connectivity index (χ1v) is 3.64. The normalized spacial score (nSPS) is 13.3. The van der Waals surface area contributed by atoms with Gasteiger partial charge in [0.2, 0.25) is 0 Å². The Kier molecular flexibility index (Phi) is 4.01. The zero-order valence-electron chi connectivity index (χ0n) is 6.95. The van der Waals surface area contributed by atoms with Crippen molar-refractivity contribution in [3.05, 3.63) is 24.1 Å². The van der Waals surface area contributed by atoms with Crippen LogP contribution in [-0.4, -0.2) is 0 Å². The molecule has 0 aromatic carbocycles. The molecule has 0 aromatic heterocycles. The SMILES string of the molecule is C=C/C(=C(/F)CC)C(C)C. The molecule has 0 radical (unpaired) electrons. The third-order valence-corrected chi connectivity index (χ3v) is 1.47. The summed E-state index contributed by atoms with van der Waals surface area (Å²) in [7, 11) is 0. The average molecular weight is 142 g/mol. The van der Waals surface area contributed by atoms with E-state index in [1.807, 2.05) is 13.8 Å². The van der Waals surface area contributed by atoms with E-state index in [1.54, 1.807) is 13.0 Å². The lowest BCUT2D eigenvalue weighted by Gasteiger charge is -2.06. The molecule has 10 heavy (non-hydrogen) atoms. The van der Waals surface area contributed by atoms with Crippen molar-refractivity contribution in [3.63, 3.8) is 0 Å². The van der Waals surface area contributed by atoms with Crippen molar-refractivity contribution in [1.29, 1.82) is 0 Å². The van der Waals surface area contributed by atoms with E-state index in [4.69, 9.17) is 0 Å². The molecule has 0 bridgehead atoms. The topological polar surface area (TPSA) is 0 Å². The Labute approximate surface area is 62.4 Å². The Morgan fingerprint density at radius 1 is 1.60 bits per heavy atom. The fraction of sp³-hybridized carbons (Fsp3) is 0.556. The van der Waals surface area contributed by atoms with Crippen LogP contribution in [-0.2, 0) is 0 Å². The van der Waals surface area contributed by atoms with E-state index in [2.05, 4.69) is 6.58 Å². The minimum Gasteiger partial charge on any atom is -0.212 e. The van der Waals surface area contributed by atoms with Crippen LogP contribution in [0.5, 0.6) is 0 Å². The minimum absolute atomic E-state index is 0.0370. The molecular weight excluding hydrogens is 127 g/mol. The number of halogens is 1. The lowest BCUT2D eigenvalue weighted by molar-refractivity contribution is 0.573. The summed E-state index contributed by atoms with van der Waals surface area (Å²) in [6.07, 6.45) is 2.07. The summed E-state index contributed by atoms with van der Waals surface area (Å²) in [6.45, 7) is 9.29. The molecular formula is C9H15F. The molecule has 0 aliphatic heterocycles. The van der Waals surface area contributed by atoms with Crippen LogP contribution in [0, 0.1) is 5.92 Å². The molecule has 0 aliphatic rings. The van der Waals surface area contributed by atoms with Gasteiger partial charge in [-0.15, -0.1) is 0 Å².